The maximum absolute atomic E-state index is 12.0. The van der Waals surface area contributed by atoms with E-state index >= 15 is 0 Å². The molecule has 5 nitrogen and oxygen atoms in total. The largest absolute Gasteiger partial charge is 0.481 e. The number of anilines is 1. The molecule has 0 unspecified atom stereocenters. The van der Waals surface area contributed by atoms with Gasteiger partial charge in [0.05, 0.1) is 17.8 Å². The van der Waals surface area contributed by atoms with Gasteiger partial charge in [-0.3, -0.25) is 4.79 Å². The molecular weight excluding hydrogens is 289 g/mol. The molecule has 7 heteroatoms. The Morgan fingerprint density at radius 3 is 2.74 bits per heavy atom. The summed E-state index contributed by atoms with van der Waals surface area (Å²) in [5, 5.41) is 3.47. The van der Waals surface area contributed by atoms with Gasteiger partial charge in [0.25, 0.3) is 5.91 Å². The van der Waals surface area contributed by atoms with Gasteiger partial charge in [0.1, 0.15) is 12.0 Å². The molecule has 0 aliphatic carbocycles. The van der Waals surface area contributed by atoms with Gasteiger partial charge >= 0.3 is 0 Å². The number of nitrogens with one attached hydrogen (secondary N) is 1. The fourth-order valence-electron chi connectivity index (χ4n) is 1.35. The highest BCUT2D eigenvalue weighted by atomic mass is 35.5. The van der Waals surface area contributed by atoms with E-state index < -0.39 is 5.91 Å². The van der Waals surface area contributed by atoms with Crippen LogP contribution in [0.4, 0.5) is 5.69 Å². The normalized spacial score (nSPS) is 10.1. The van der Waals surface area contributed by atoms with Gasteiger partial charge in [-0.1, -0.05) is 23.2 Å². The zero-order valence-electron chi connectivity index (χ0n) is 9.85. The molecule has 0 atom stereocenters. The molecule has 1 heterocycles. The average molecular weight is 298 g/mol. The molecule has 0 aliphatic rings. The maximum Gasteiger partial charge on any atom is 0.274 e. The van der Waals surface area contributed by atoms with Gasteiger partial charge in [0.15, 0.2) is 0 Å². The number of halogens is 2. The molecule has 1 aromatic heterocycles. The fraction of sp³-hybridized carbons (Fsp3) is 0.0833. The molecule has 0 aliphatic heterocycles. The van der Waals surface area contributed by atoms with Crippen LogP contribution in [0.25, 0.3) is 0 Å². The summed E-state index contributed by atoms with van der Waals surface area (Å²) in [7, 11) is 1.46. The van der Waals surface area contributed by atoms with E-state index in [1.54, 1.807) is 18.2 Å². The Morgan fingerprint density at radius 1 is 1.26 bits per heavy atom. The smallest absolute Gasteiger partial charge is 0.274 e. The monoisotopic (exact) mass is 297 g/mol. The maximum atomic E-state index is 12.0. The zero-order chi connectivity index (χ0) is 13.8. The summed E-state index contributed by atoms with van der Waals surface area (Å²) in [6.07, 6.45) is 1.25. The van der Waals surface area contributed by atoms with E-state index in [9.17, 15) is 4.79 Å². The molecule has 0 saturated heterocycles. The molecule has 98 valence electrons. The minimum atomic E-state index is -0.412. The standard InChI is InChI=1S/C12H9Cl2N3O2/c1-19-11-5-10(15-6-16-11)12(18)17-9-3-2-7(13)4-8(9)14/h2-6H,1H3,(H,17,18). The Labute approximate surface area is 119 Å². The second kappa shape index (κ2) is 5.86. The Kier molecular flexibility index (Phi) is 4.19. The highest BCUT2D eigenvalue weighted by Gasteiger charge is 2.11. The number of benzene rings is 1. The molecule has 19 heavy (non-hydrogen) atoms. The van der Waals surface area contributed by atoms with Crippen molar-refractivity contribution in [3.8, 4) is 5.88 Å². The van der Waals surface area contributed by atoms with Gasteiger partial charge in [-0.2, -0.15) is 0 Å². The zero-order valence-corrected chi connectivity index (χ0v) is 11.4. The quantitative estimate of drug-likeness (QED) is 0.946. The molecule has 0 saturated carbocycles. The van der Waals surface area contributed by atoms with E-state index in [1.807, 2.05) is 0 Å². The van der Waals surface area contributed by atoms with Crippen molar-refractivity contribution in [1.29, 1.82) is 0 Å². The Hall–Kier alpha value is -1.85. The number of rotatable bonds is 3. The van der Waals surface area contributed by atoms with E-state index in [0.717, 1.165) is 0 Å². The summed E-state index contributed by atoms with van der Waals surface area (Å²) in [5.74, 6) is -0.104. The number of hydrogen-bond donors (Lipinski definition) is 1. The van der Waals surface area contributed by atoms with Crippen LogP contribution < -0.4 is 10.1 Å². The lowest BCUT2D eigenvalue weighted by Gasteiger charge is -2.07. The van der Waals surface area contributed by atoms with E-state index in [-0.39, 0.29) is 5.69 Å². The minimum Gasteiger partial charge on any atom is -0.481 e. The number of amides is 1. The van der Waals surface area contributed by atoms with Crippen molar-refractivity contribution >= 4 is 34.8 Å². The van der Waals surface area contributed by atoms with E-state index in [0.29, 0.717) is 21.6 Å². The molecule has 0 radical (unpaired) electrons. The van der Waals surface area contributed by atoms with E-state index in [4.69, 9.17) is 27.9 Å². The van der Waals surface area contributed by atoms with Crippen molar-refractivity contribution in [1.82, 2.24) is 9.97 Å². The number of ether oxygens (including phenoxy) is 1. The number of carbonyl (C=O) groups excluding carboxylic acids is 1. The van der Waals surface area contributed by atoms with Gasteiger partial charge < -0.3 is 10.1 Å². The van der Waals surface area contributed by atoms with Crippen LogP contribution in [0, 0.1) is 0 Å². The van der Waals surface area contributed by atoms with Crippen molar-refractivity contribution in [2.24, 2.45) is 0 Å². The number of carbonyl (C=O) groups is 1. The van der Waals surface area contributed by atoms with E-state index in [1.165, 1.54) is 19.5 Å². The van der Waals surface area contributed by atoms with Gasteiger partial charge in [0, 0.05) is 11.1 Å². The van der Waals surface area contributed by atoms with Gasteiger partial charge in [-0.25, -0.2) is 9.97 Å². The van der Waals surface area contributed by atoms with Crippen LogP contribution in [0.5, 0.6) is 5.88 Å². The van der Waals surface area contributed by atoms with Crippen molar-refractivity contribution in [3.63, 3.8) is 0 Å². The van der Waals surface area contributed by atoms with Crippen LogP contribution >= 0.6 is 23.2 Å². The van der Waals surface area contributed by atoms with Crippen molar-refractivity contribution < 1.29 is 9.53 Å². The predicted molar refractivity (Wildman–Crippen MR) is 73.0 cm³/mol. The Balaban J connectivity index is 2.20. The van der Waals surface area contributed by atoms with Gasteiger partial charge in [-0.15, -0.1) is 0 Å². The lowest BCUT2D eigenvalue weighted by Crippen LogP contribution is -2.14. The summed E-state index contributed by atoms with van der Waals surface area (Å²) in [4.78, 5) is 19.6. The Morgan fingerprint density at radius 2 is 2.05 bits per heavy atom. The molecule has 2 rings (SSSR count). The van der Waals surface area contributed by atoms with Crippen LogP contribution in [0.15, 0.2) is 30.6 Å². The third-order valence-electron chi connectivity index (χ3n) is 2.26. The first kappa shape index (κ1) is 13.6. The van der Waals surface area contributed by atoms with E-state index in [2.05, 4.69) is 15.3 Å². The summed E-state index contributed by atoms with van der Waals surface area (Å²) in [6, 6.07) is 6.21. The summed E-state index contributed by atoms with van der Waals surface area (Å²) in [5.41, 5.74) is 0.631. The molecule has 1 amide bonds. The van der Waals surface area contributed by atoms with Crippen LogP contribution in [0.1, 0.15) is 10.5 Å². The topological polar surface area (TPSA) is 64.1 Å². The van der Waals surface area contributed by atoms with Crippen molar-refractivity contribution in [2.45, 2.75) is 0 Å². The minimum absolute atomic E-state index is 0.179. The summed E-state index contributed by atoms with van der Waals surface area (Å²) < 4.78 is 4.92. The highest BCUT2D eigenvalue weighted by molar-refractivity contribution is 6.36. The molecule has 0 bridgehead atoms. The summed E-state index contributed by atoms with van der Waals surface area (Å²) >= 11 is 11.7. The third kappa shape index (κ3) is 3.33. The van der Waals surface area contributed by atoms with Crippen molar-refractivity contribution in [3.05, 3.63) is 46.3 Å². The molecule has 2 aromatic rings. The first-order chi connectivity index (χ1) is 9.10. The fourth-order valence-corrected chi connectivity index (χ4v) is 1.81. The van der Waals surface area contributed by atoms with Gasteiger partial charge in [0.2, 0.25) is 5.88 Å². The number of methoxy groups -OCH3 is 1. The molecule has 0 fully saturated rings. The molecule has 1 aromatic carbocycles. The number of nitrogens with zero attached hydrogens (tertiary/aromatic N) is 2. The van der Waals surface area contributed by atoms with Crippen LogP contribution in [0.3, 0.4) is 0 Å². The van der Waals surface area contributed by atoms with Crippen molar-refractivity contribution in [2.75, 3.05) is 12.4 Å². The molecule has 1 N–H and O–H groups in total. The SMILES string of the molecule is COc1cc(C(=O)Nc2ccc(Cl)cc2Cl)ncn1. The Bertz CT molecular complexity index is 620. The van der Waals surface area contributed by atoms with Gasteiger partial charge in [-0.05, 0) is 18.2 Å². The van der Waals surface area contributed by atoms with Crippen LogP contribution in [-0.2, 0) is 0 Å². The summed E-state index contributed by atoms with van der Waals surface area (Å²) in [6.45, 7) is 0. The van der Waals surface area contributed by atoms with Crippen LogP contribution in [0.2, 0.25) is 10.0 Å². The number of hydrogen-bond acceptors (Lipinski definition) is 4. The third-order valence-corrected chi connectivity index (χ3v) is 2.81. The predicted octanol–water partition coefficient (Wildman–Crippen LogP) is 3.04. The second-order valence-corrected chi connectivity index (χ2v) is 4.37. The average Bonchev–Trinajstić information content (AvgIpc) is 2.42. The first-order valence-corrected chi connectivity index (χ1v) is 5.98. The second-order valence-electron chi connectivity index (χ2n) is 3.52. The van der Waals surface area contributed by atoms with Crippen LogP contribution in [-0.4, -0.2) is 23.0 Å². The molecular formula is C12H9Cl2N3O2. The number of aromatic nitrogens is 2. The highest BCUT2D eigenvalue weighted by Crippen LogP contribution is 2.25. The first-order valence-electron chi connectivity index (χ1n) is 5.22. The molecule has 0 spiro atoms. The lowest BCUT2D eigenvalue weighted by molar-refractivity contribution is 0.102. The lowest BCUT2D eigenvalue weighted by atomic mass is 10.3.